The fraction of sp³-hybridized carbons (Fsp3) is 0.0833. The van der Waals surface area contributed by atoms with Crippen molar-refractivity contribution in [1.29, 1.82) is 0 Å². The summed E-state index contributed by atoms with van der Waals surface area (Å²) < 4.78 is 6.03. The molecule has 0 atom stereocenters. The number of esters is 1. The van der Waals surface area contributed by atoms with Crippen LogP contribution in [0.2, 0.25) is 0 Å². The van der Waals surface area contributed by atoms with Crippen molar-refractivity contribution < 1.29 is 9.53 Å². The molecule has 6 heteroatoms. The molecule has 0 spiro atoms. The Labute approximate surface area is 112 Å². The molecule has 0 fully saturated rings. The maximum absolute atomic E-state index is 11.7. The molecule has 0 unspecified atom stereocenters. The number of benzene rings is 1. The molecule has 0 radical (unpaired) electrons. The molecule has 92 valence electrons. The third-order valence-electron chi connectivity index (χ3n) is 2.18. The number of anilines is 1. The highest BCUT2D eigenvalue weighted by Crippen LogP contribution is 2.13. The number of rotatable bonds is 3. The van der Waals surface area contributed by atoms with Gasteiger partial charge in [0.05, 0.1) is 0 Å². The first-order chi connectivity index (χ1) is 8.66. The SMILES string of the molecule is Nc1nccnc1C(=O)OCc1cccc(Br)c1. The normalized spacial score (nSPS) is 10.1. The lowest BCUT2D eigenvalue weighted by atomic mass is 10.2. The van der Waals surface area contributed by atoms with Gasteiger partial charge in [0, 0.05) is 16.9 Å². The lowest BCUT2D eigenvalue weighted by Crippen LogP contribution is -2.11. The zero-order valence-corrected chi connectivity index (χ0v) is 10.9. The number of nitrogens with two attached hydrogens (primary N) is 1. The van der Waals surface area contributed by atoms with Gasteiger partial charge >= 0.3 is 5.97 Å². The van der Waals surface area contributed by atoms with Crippen LogP contribution in [0.15, 0.2) is 41.1 Å². The predicted molar refractivity (Wildman–Crippen MR) is 69.7 cm³/mol. The smallest absolute Gasteiger partial charge is 0.361 e. The summed E-state index contributed by atoms with van der Waals surface area (Å²) in [5.74, 6) is -0.516. The first-order valence-corrected chi connectivity index (χ1v) is 5.94. The van der Waals surface area contributed by atoms with Crippen molar-refractivity contribution in [3.05, 3.63) is 52.4 Å². The fourth-order valence-electron chi connectivity index (χ4n) is 1.35. The van der Waals surface area contributed by atoms with Crippen LogP contribution in [0, 0.1) is 0 Å². The molecular weight excluding hydrogens is 298 g/mol. The molecule has 0 bridgehead atoms. The average Bonchev–Trinajstić information content (AvgIpc) is 2.37. The van der Waals surface area contributed by atoms with E-state index < -0.39 is 5.97 Å². The van der Waals surface area contributed by atoms with E-state index in [4.69, 9.17) is 10.5 Å². The third-order valence-corrected chi connectivity index (χ3v) is 2.67. The molecule has 0 aliphatic rings. The molecule has 2 rings (SSSR count). The molecule has 1 aromatic carbocycles. The maximum Gasteiger partial charge on any atom is 0.361 e. The molecule has 18 heavy (non-hydrogen) atoms. The summed E-state index contributed by atoms with van der Waals surface area (Å²) in [5.41, 5.74) is 6.44. The average molecular weight is 308 g/mol. The van der Waals surface area contributed by atoms with Gasteiger partial charge in [0.1, 0.15) is 6.61 Å². The summed E-state index contributed by atoms with van der Waals surface area (Å²) in [7, 11) is 0. The maximum atomic E-state index is 11.7. The van der Waals surface area contributed by atoms with E-state index in [0.29, 0.717) is 0 Å². The predicted octanol–water partition coefficient (Wildman–Crippen LogP) is 2.18. The van der Waals surface area contributed by atoms with Gasteiger partial charge in [0.15, 0.2) is 11.5 Å². The van der Waals surface area contributed by atoms with Gasteiger partial charge in [-0.15, -0.1) is 0 Å². The standard InChI is InChI=1S/C12H10BrN3O2/c13-9-3-1-2-8(6-9)7-18-12(17)10-11(14)16-5-4-15-10/h1-6H,7H2,(H2,14,16). The van der Waals surface area contributed by atoms with Crippen molar-refractivity contribution in [1.82, 2.24) is 9.97 Å². The molecule has 0 aliphatic carbocycles. The number of carbonyl (C=O) groups excluding carboxylic acids is 1. The van der Waals surface area contributed by atoms with E-state index in [9.17, 15) is 4.79 Å². The van der Waals surface area contributed by atoms with Gasteiger partial charge in [-0.25, -0.2) is 14.8 Å². The number of aromatic nitrogens is 2. The molecule has 5 nitrogen and oxygen atoms in total. The van der Waals surface area contributed by atoms with Crippen molar-refractivity contribution in [2.75, 3.05) is 5.73 Å². The lowest BCUT2D eigenvalue weighted by molar-refractivity contribution is 0.0466. The number of nitrogens with zero attached hydrogens (tertiary/aromatic N) is 2. The second kappa shape index (κ2) is 5.59. The Bertz CT molecular complexity index is 575. The van der Waals surface area contributed by atoms with Crippen LogP contribution in [0.5, 0.6) is 0 Å². The highest BCUT2D eigenvalue weighted by Gasteiger charge is 2.13. The minimum absolute atomic E-state index is 0.0347. The van der Waals surface area contributed by atoms with Gasteiger partial charge in [-0.3, -0.25) is 0 Å². The van der Waals surface area contributed by atoms with E-state index in [1.807, 2.05) is 24.3 Å². The van der Waals surface area contributed by atoms with Gasteiger partial charge in [0.2, 0.25) is 0 Å². The highest BCUT2D eigenvalue weighted by atomic mass is 79.9. The quantitative estimate of drug-likeness (QED) is 0.879. The minimum Gasteiger partial charge on any atom is -0.456 e. The second-order valence-electron chi connectivity index (χ2n) is 3.50. The summed E-state index contributed by atoms with van der Waals surface area (Å²) in [6.45, 7) is 0.161. The lowest BCUT2D eigenvalue weighted by Gasteiger charge is -2.05. The van der Waals surface area contributed by atoms with Crippen LogP contribution < -0.4 is 5.73 Å². The number of carbonyl (C=O) groups is 1. The Morgan fingerprint density at radius 1 is 1.33 bits per heavy atom. The fourth-order valence-corrected chi connectivity index (χ4v) is 1.80. The Morgan fingerprint density at radius 2 is 2.11 bits per heavy atom. The van der Waals surface area contributed by atoms with Crippen molar-refractivity contribution in [3.8, 4) is 0 Å². The summed E-state index contributed by atoms with van der Waals surface area (Å²) in [5, 5.41) is 0. The van der Waals surface area contributed by atoms with Crippen LogP contribution in [0.4, 0.5) is 5.82 Å². The zero-order valence-electron chi connectivity index (χ0n) is 9.34. The van der Waals surface area contributed by atoms with E-state index in [1.165, 1.54) is 12.4 Å². The van der Waals surface area contributed by atoms with E-state index in [0.717, 1.165) is 10.0 Å². The molecule has 0 saturated heterocycles. The Balaban J connectivity index is 2.03. The Morgan fingerprint density at radius 3 is 2.83 bits per heavy atom. The summed E-state index contributed by atoms with van der Waals surface area (Å²) in [4.78, 5) is 19.3. The molecule has 0 aliphatic heterocycles. The number of hydrogen-bond donors (Lipinski definition) is 1. The topological polar surface area (TPSA) is 78.1 Å². The van der Waals surface area contributed by atoms with Crippen LogP contribution in [0.3, 0.4) is 0 Å². The molecule has 1 heterocycles. The van der Waals surface area contributed by atoms with Gasteiger partial charge in [0.25, 0.3) is 0 Å². The van der Waals surface area contributed by atoms with Gasteiger partial charge in [-0.05, 0) is 17.7 Å². The second-order valence-corrected chi connectivity index (χ2v) is 4.41. The molecular formula is C12H10BrN3O2. The number of halogens is 1. The minimum atomic E-state index is -0.583. The van der Waals surface area contributed by atoms with Gasteiger partial charge < -0.3 is 10.5 Å². The van der Waals surface area contributed by atoms with E-state index in [-0.39, 0.29) is 18.1 Å². The Kier molecular flexibility index (Phi) is 3.88. The molecule has 2 N–H and O–H groups in total. The van der Waals surface area contributed by atoms with E-state index in [1.54, 1.807) is 0 Å². The van der Waals surface area contributed by atoms with Crippen molar-refractivity contribution in [2.24, 2.45) is 0 Å². The van der Waals surface area contributed by atoms with Gasteiger partial charge in [-0.2, -0.15) is 0 Å². The summed E-state index contributed by atoms with van der Waals surface area (Å²) >= 11 is 3.34. The summed E-state index contributed by atoms with van der Waals surface area (Å²) in [6, 6.07) is 7.49. The van der Waals surface area contributed by atoms with E-state index >= 15 is 0 Å². The van der Waals surface area contributed by atoms with Crippen LogP contribution in [-0.2, 0) is 11.3 Å². The van der Waals surface area contributed by atoms with E-state index in [2.05, 4.69) is 25.9 Å². The highest BCUT2D eigenvalue weighted by molar-refractivity contribution is 9.10. The summed E-state index contributed by atoms with van der Waals surface area (Å²) in [6.07, 6.45) is 2.81. The largest absolute Gasteiger partial charge is 0.456 e. The molecule has 0 saturated carbocycles. The first-order valence-electron chi connectivity index (χ1n) is 5.15. The van der Waals surface area contributed by atoms with Crippen LogP contribution >= 0.6 is 15.9 Å². The monoisotopic (exact) mass is 307 g/mol. The van der Waals surface area contributed by atoms with Crippen molar-refractivity contribution in [3.63, 3.8) is 0 Å². The van der Waals surface area contributed by atoms with Crippen LogP contribution in [-0.4, -0.2) is 15.9 Å². The van der Waals surface area contributed by atoms with Gasteiger partial charge in [-0.1, -0.05) is 28.1 Å². The Hall–Kier alpha value is -1.95. The number of nitrogen functional groups attached to an aromatic ring is 1. The van der Waals surface area contributed by atoms with Crippen LogP contribution in [0.25, 0.3) is 0 Å². The molecule has 0 amide bonds. The number of hydrogen-bond acceptors (Lipinski definition) is 5. The first kappa shape index (κ1) is 12.5. The van der Waals surface area contributed by atoms with Crippen molar-refractivity contribution in [2.45, 2.75) is 6.61 Å². The third kappa shape index (κ3) is 3.04. The molecule has 2 aromatic rings. The van der Waals surface area contributed by atoms with Crippen molar-refractivity contribution >= 4 is 27.7 Å². The zero-order chi connectivity index (χ0) is 13.0. The van der Waals surface area contributed by atoms with Crippen LogP contribution in [0.1, 0.15) is 16.1 Å². The number of ether oxygens (including phenoxy) is 1. The molecule has 1 aromatic heterocycles.